The number of ketones is 1. The van der Waals surface area contributed by atoms with Crippen LogP contribution < -0.4 is 0 Å². The van der Waals surface area contributed by atoms with Gasteiger partial charge in [0.2, 0.25) is 0 Å². The maximum Gasteiger partial charge on any atom is 0.410 e. The highest BCUT2D eigenvalue weighted by atomic mass is 16.6. The van der Waals surface area contributed by atoms with E-state index in [1.165, 1.54) is 0 Å². The van der Waals surface area contributed by atoms with Crippen molar-refractivity contribution in [1.82, 2.24) is 9.80 Å². The summed E-state index contributed by atoms with van der Waals surface area (Å²) in [7, 11) is 0. The number of amides is 1. The molecule has 0 N–H and O–H groups in total. The number of piperidine rings is 1. The third kappa shape index (κ3) is 3.88. The summed E-state index contributed by atoms with van der Waals surface area (Å²) in [4.78, 5) is 40.3. The van der Waals surface area contributed by atoms with Crippen molar-refractivity contribution in [3.63, 3.8) is 0 Å². The predicted molar refractivity (Wildman–Crippen MR) is 87.6 cm³/mol. The minimum atomic E-state index is -0.860. The van der Waals surface area contributed by atoms with Crippen LogP contribution in [0.4, 0.5) is 4.79 Å². The Bertz CT molecular complexity index is 502. The molecule has 0 aromatic carbocycles. The van der Waals surface area contributed by atoms with Gasteiger partial charge in [-0.2, -0.15) is 0 Å². The van der Waals surface area contributed by atoms with Crippen molar-refractivity contribution in [2.45, 2.75) is 71.2 Å². The average Bonchev–Trinajstić information content (AvgIpc) is 2.45. The first kappa shape index (κ1) is 18.7. The Kier molecular flexibility index (Phi) is 5.52. The van der Waals surface area contributed by atoms with Gasteiger partial charge < -0.3 is 9.47 Å². The van der Waals surface area contributed by atoms with E-state index in [-0.39, 0.29) is 37.0 Å². The highest BCUT2D eigenvalue weighted by Gasteiger charge is 2.51. The quantitative estimate of drug-likeness (QED) is 0.559. The van der Waals surface area contributed by atoms with Crippen LogP contribution in [-0.2, 0) is 19.1 Å². The summed E-state index contributed by atoms with van der Waals surface area (Å²) in [6, 6.07) is -0.888. The molecule has 2 bridgehead atoms. The van der Waals surface area contributed by atoms with E-state index in [4.69, 9.17) is 9.47 Å². The van der Waals surface area contributed by atoms with Crippen LogP contribution in [0.3, 0.4) is 0 Å². The van der Waals surface area contributed by atoms with E-state index in [0.29, 0.717) is 13.1 Å². The summed E-state index contributed by atoms with van der Waals surface area (Å²) in [5.41, 5.74) is -0.535. The summed E-state index contributed by atoms with van der Waals surface area (Å²) in [5, 5.41) is 0. The lowest BCUT2D eigenvalue weighted by Gasteiger charge is -2.56. The molecule has 0 aromatic rings. The van der Waals surface area contributed by atoms with Crippen molar-refractivity contribution in [2.75, 3.05) is 19.7 Å². The van der Waals surface area contributed by atoms with Gasteiger partial charge in [-0.1, -0.05) is 6.92 Å². The van der Waals surface area contributed by atoms with Crippen LogP contribution in [0.1, 0.15) is 47.5 Å². The van der Waals surface area contributed by atoms with Gasteiger partial charge in [-0.25, -0.2) is 9.59 Å². The average molecular weight is 340 g/mol. The Morgan fingerprint density at radius 2 is 1.71 bits per heavy atom. The Labute approximate surface area is 143 Å². The molecule has 3 aliphatic rings. The van der Waals surface area contributed by atoms with Crippen molar-refractivity contribution in [1.29, 1.82) is 0 Å². The van der Waals surface area contributed by atoms with Crippen molar-refractivity contribution < 1.29 is 23.9 Å². The van der Waals surface area contributed by atoms with E-state index < -0.39 is 17.6 Å². The van der Waals surface area contributed by atoms with Gasteiger partial charge in [0.25, 0.3) is 0 Å². The third-order valence-electron chi connectivity index (χ3n) is 4.35. The number of fused-ring (bicyclic) bond motifs is 2. The van der Waals surface area contributed by atoms with Gasteiger partial charge in [-0.3, -0.25) is 14.6 Å². The van der Waals surface area contributed by atoms with Crippen LogP contribution in [0.15, 0.2) is 0 Å². The van der Waals surface area contributed by atoms with Gasteiger partial charge in [0.15, 0.2) is 11.8 Å². The summed E-state index contributed by atoms with van der Waals surface area (Å²) in [6.07, 6.45) is 0.842. The normalized spacial score (nSPS) is 24.8. The lowest BCUT2D eigenvalue weighted by Crippen LogP contribution is -2.72. The fraction of sp³-hybridized carbons (Fsp3) is 0.824. The number of piperazine rings is 1. The molecule has 3 saturated heterocycles. The second-order valence-corrected chi connectivity index (χ2v) is 7.36. The molecule has 3 rings (SSSR count). The van der Waals surface area contributed by atoms with Gasteiger partial charge in [0, 0.05) is 19.5 Å². The highest BCUT2D eigenvalue weighted by Crippen LogP contribution is 2.34. The summed E-state index contributed by atoms with van der Waals surface area (Å²) < 4.78 is 10.5. The van der Waals surface area contributed by atoms with Crippen molar-refractivity contribution in [3.05, 3.63) is 0 Å². The molecule has 3 aliphatic heterocycles. The SMILES string of the molecule is CCOC(=O)C(C(=O)CC)N1CC2CC(C1)N2C(=O)OC(C)(C)C. The van der Waals surface area contributed by atoms with E-state index >= 15 is 0 Å². The summed E-state index contributed by atoms with van der Waals surface area (Å²) in [6.45, 7) is 10.2. The van der Waals surface area contributed by atoms with Crippen LogP contribution in [0, 0.1) is 0 Å². The molecular formula is C17H28N2O5. The molecule has 0 saturated carbocycles. The monoisotopic (exact) mass is 340 g/mol. The molecule has 136 valence electrons. The summed E-state index contributed by atoms with van der Waals surface area (Å²) >= 11 is 0. The zero-order chi connectivity index (χ0) is 18.1. The molecule has 0 aromatic heterocycles. The smallest absolute Gasteiger partial charge is 0.410 e. The zero-order valence-corrected chi connectivity index (χ0v) is 15.2. The van der Waals surface area contributed by atoms with Crippen molar-refractivity contribution in [3.8, 4) is 0 Å². The van der Waals surface area contributed by atoms with Crippen molar-refractivity contribution in [2.24, 2.45) is 0 Å². The topological polar surface area (TPSA) is 76.2 Å². The van der Waals surface area contributed by atoms with Crippen LogP contribution in [0.25, 0.3) is 0 Å². The minimum absolute atomic E-state index is 0.0137. The van der Waals surface area contributed by atoms with Crippen LogP contribution in [-0.4, -0.2) is 71.1 Å². The highest BCUT2D eigenvalue weighted by molar-refractivity contribution is 6.03. The van der Waals surface area contributed by atoms with Gasteiger partial charge in [0.1, 0.15) is 5.60 Å². The number of nitrogens with zero attached hydrogens (tertiary/aromatic N) is 2. The maximum atomic E-state index is 12.3. The van der Waals surface area contributed by atoms with Gasteiger partial charge in [-0.15, -0.1) is 0 Å². The summed E-state index contributed by atoms with van der Waals surface area (Å²) in [5.74, 6) is -0.631. The first-order valence-corrected chi connectivity index (χ1v) is 8.62. The third-order valence-corrected chi connectivity index (χ3v) is 4.35. The molecular weight excluding hydrogens is 312 g/mol. The van der Waals surface area contributed by atoms with Crippen LogP contribution >= 0.6 is 0 Å². The van der Waals surface area contributed by atoms with Gasteiger partial charge in [0.05, 0.1) is 18.7 Å². The molecule has 7 nitrogen and oxygen atoms in total. The van der Waals surface area contributed by atoms with Crippen LogP contribution in [0.5, 0.6) is 0 Å². The molecule has 0 radical (unpaired) electrons. The minimum Gasteiger partial charge on any atom is -0.464 e. The van der Waals surface area contributed by atoms with Gasteiger partial charge >= 0.3 is 12.1 Å². The molecule has 3 heterocycles. The van der Waals surface area contributed by atoms with E-state index in [0.717, 1.165) is 6.42 Å². The Hall–Kier alpha value is -1.63. The Morgan fingerprint density at radius 3 is 2.17 bits per heavy atom. The largest absolute Gasteiger partial charge is 0.464 e. The molecule has 3 unspecified atom stereocenters. The molecule has 0 aliphatic carbocycles. The Balaban J connectivity index is 2.03. The number of rotatable bonds is 5. The zero-order valence-electron chi connectivity index (χ0n) is 15.2. The van der Waals surface area contributed by atoms with Crippen molar-refractivity contribution >= 4 is 17.8 Å². The van der Waals surface area contributed by atoms with Crippen LogP contribution in [0.2, 0.25) is 0 Å². The molecule has 0 spiro atoms. The number of ether oxygens (including phenoxy) is 2. The fourth-order valence-corrected chi connectivity index (χ4v) is 3.36. The first-order valence-electron chi connectivity index (χ1n) is 8.62. The fourth-order valence-electron chi connectivity index (χ4n) is 3.36. The predicted octanol–water partition coefficient (Wildman–Crippen LogP) is 1.59. The number of carbonyl (C=O) groups excluding carboxylic acids is 3. The molecule has 7 heteroatoms. The lowest BCUT2D eigenvalue weighted by atomic mass is 9.86. The second kappa shape index (κ2) is 7.09. The standard InChI is InChI=1S/C17H28N2O5/c1-6-13(20)14(15(21)23-7-2)18-9-11-8-12(10-18)19(11)16(22)24-17(3,4)5/h11-12,14H,6-10H2,1-5H3. The van der Waals surface area contributed by atoms with E-state index in [1.807, 2.05) is 25.7 Å². The second-order valence-electron chi connectivity index (χ2n) is 7.36. The number of Topliss-reactive ketones (excluding diaryl/α,β-unsaturated/α-hetero) is 1. The number of carbonyl (C=O) groups is 3. The number of hydrogen-bond acceptors (Lipinski definition) is 6. The molecule has 3 atom stereocenters. The Morgan fingerprint density at radius 1 is 1.12 bits per heavy atom. The molecule has 24 heavy (non-hydrogen) atoms. The first-order chi connectivity index (χ1) is 11.2. The number of esters is 1. The number of hydrogen-bond donors (Lipinski definition) is 0. The van der Waals surface area contributed by atoms with Gasteiger partial charge in [-0.05, 0) is 34.1 Å². The molecule has 3 fully saturated rings. The lowest BCUT2D eigenvalue weighted by molar-refractivity contribution is -0.158. The molecule has 1 amide bonds. The van der Waals surface area contributed by atoms with E-state index in [1.54, 1.807) is 18.7 Å². The van der Waals surface area contributed by atoms with E-state index in [9.17, 15) is 14.4 Å². The maximum absolute atomic E-state index is 12.3. The van der Waals surface area contributed by atoms with E-state index in [2.05, 4.69) is 0 Å².